The van der Waals surface area contributed by atoms with Crippen LogP contribution in [0.25, 0.3) is 0 Å². The van der Waals surface area contributed by atoms with E-state index in [-0.39, 0.29) is 18.2 Å². The number of likely N-dealkylation sites (tertiary alicyclic amines) is 1. The number of piperidine rings is 1. The van der Waals surface area contributed by atoms with Gasteiger partial charge in [0.05, 0.1) is 7.11 Å². The molecule has 2 saturated heterocycles. The van der Waals surface area contributed by atoms with Crippen LogP contribution >= 0.6 is 0 Å². The van der Waals surface area contributed by atoms with Gasteiger partial charge in [-0.2, -0.15) is 0 Å². The van der Waals surface area contributed by atoms with E-state index >= 15 is 0 Å². The number of carbonyl (C=O) groups is 1. The van der Waals surface area contributed by atoms with Gasteiger partial charge < -0.3 is 19.1 Å². The third-order valence-electron chi connectivity index (χ3n) is 6.43. The molecule has 4 rings (SSSR count). The number of hydrogen-bond acceptors (Lipinski definition) is 5. The van der Waals surface area contributed by atoms with E-state index in [0.717, 1.165) is 37.3 Å². The monoisotopic (exact) mass is 359 g/mol. The van der Waals surface area contributed by atoms with Crippen LogP contribution in [0.5, 0.6) is 0 Å². The highest BCUT2D eigenvalue weighted by Gasteiger charge is 2.48. The molecule has 0 spiro atoms. The highest BCUT2D eigenvalue weighted by molar-refractivity contribution is 5.69. The quantitative estimate of drug-likeness (QED) is 0.573. The van der Waals surface area contributed by atoms with Gasteiger partial charge >= 0.3 is 5.97 Å². The number of rotatable bonds is 3. The van der Waals surface area contributed by atoms with Gasteiger partial charge in [0.15, 0.2) is 11.9 Å². The highest BCUT2D eigenvalue weighted by Crippen LogP contribution is 2.45. The van der Waals surface area contributed by atoms with Gasteiger partial charge in [-0.25, -0.2) is 0 Å². The van der Waals surface area contributed by atoms with Gasteiger partial charge in [0.2, 0.25) is 0 Å². The van der Waals surface area contributed by atoms with Crippen molar-refractivity contribution in [2.24, 2.45) is 17.8 Å². The highest BCUT2D eigenvalue weighted by atomic mass is 16.6. The second kappa shape index (κ2) is 7.10. The Balaban J connectivity index is 1.73. The molecule has 4 aliphatic rings. The van der Waals surface area contributed by atoms with Crippen molar-refractivity contribution >= 4 is 5.97 Å². The Bertz CT molecular complexity index is 652. The minimum atomic E-state index is -0.319. The van der Waals surface area contributed by atoms with Gasteiger partial charge in [0.25, 0.3) is 0 Å². The summed E-state index contributed by atoms with van der Waals surface area (Å²) in [7, 11) is 3.92. The van der Waals surface area contributed by atoms with Gasteiger partial charge in [0.1, 0.15) is 11.9 Å². The van der Waals surface area contributed by atoms with Crippen molar-refractivity contribution in [1.29, 1.82) is 0 Å². The molecule has 2 heterocycles. The predicted molar refractivity (Wildman–Crippen MR) is 98.1 cm³/mol. The molecular formula is C21H29NO4. The zero-order valence-electron chi connectivity index (χ0n) is 15.9. The molecule has 5 heteroatoms. The summed E-state index contributed by atoms with van der Waals surface area (Å²) in [6.07, 6.45) is 11.6. The van der Waals surface area contributed by atoms with Crippen LogP contribution in [0.15, 0.2) is 35.8 Å². The molecule has 2 fully saturated rings. The summed E-state index contributed by atoms with van der Waals surface area (Å²) < 4.78 is 17.8. The molecule has 6 atom stereocenters. The summed E-state index contributed by atoms with van der Waals surface area (Å²) >= 11 is 0. The third kappa shape index (κ3) is 3.07. The fraction of sp³-hybridized carbons (Fsp3) is 0.667. The van der Waals surface area contributed by atoms with Crippen LogP contribution in [-0.2, 0) is 19.0 Å². The Labute approximate surface area is 155 Å². The lowest BCUT2D eigenvalue weighted by Crippen LogP contribution is -2.54. The first-order chi connectivity index (χ1) is 12.6. The molecular weight excluding hydrogens is 330 g/mol. The second-order valence-corrected chi connectivity index (χ2v) is 7.90. The largest absolute Gasteiger partial charge is 0.493 e. The molecule has 6 bridgehead atoms. The molecule has 142 valence electrons. The fourth-order valence-corrected chi connectivity index (χ4v) is 5.02. The minimum Gasteiger partial charge on any atom is -0.493 e. The Hall–Kier alpha value is -1.75. The van der Waals surface area contributed by atoms with Gasteiger partial charge in [0, 0.05) is 24.8 Å². The molecule has 0 N–H and O–H groups in total. The van der Waals surface area contributed by atoms with Crippen LogP contribution in [0.3, 0.4) is 0 Å². The molecule has 2 aliphatic heterocycles. The van der Waals surface area contributed by atoms with Crippen molar-refractivity contribution in [3.63, 3.8) is 0 Å². The normalized spacial score (nSPS) is 38.7. The van der Waals surface area contributed by atoms with E-state index in [4.69, 9.17) is 14.2 Å². The molecule has 0 aromatic rings. The lowest BCUT2D eigenvalue weighted by atomic mass is 9.70. The molecule has 0 aromatic heterocycles. The Morgan fingerprint density at radius 3 is 2.96 bits per heavy atom. The number of carbonyl (C=O) groups excluding carboxylic acids is 1. The van der Waals surface area contributed by atoms with Gasteiger partial charge in [-0.15, -0.1) is 0 Å². The van der Waals surface area contributed by atoms with Gasteiger partial charge in [-0.05, 0) is 50.4 Å². The Kier molecular flexibility index (Phi) is 4.82. The minimum absolute atomic E-state index is 0.137. The van der Waals surface area contributed by atoms with Crippen LogP contribution in [0.1, 0.15) is 32.6 Å². The Morgan fingerprint density at radius 1 is 1.35 bits per heavy atom. The average molecular weight is 359 g/mol. The zero-order valence-corrected chi connectivity index (χ0v) is 15.9. The predicted octanol–water partition coefficient (Wildman–Crippen LogP) is 3.04. The number of fused-ring (bicyclic) bond motifs is 2. The van der Waals surface area contributed by atoms with Gasteiger partial charge in [-0.1, -0.05) is 19.1 Å². The number of methoxy groups -OCH3 is 1. The van der Waals surface area contributed by atoms with E-state index in [9.17, 15) is 4.79 Å². The smallest absolute Gasteiger partial charge is 0.306 e. The maximum atomic E-state index is 12.0. The van der Waals surface area contributed by atoms with Crippen molar-refractivity contribution in [3.05, 3.63) is 35.8 Å². The van der Waals surface area contributed by atoms with E-state index in [1.54, 1.807) is 7.11 Å². The van der Waals surface area contributed by atoms with E-state index in [2.05, 4.69) is 30.2 Å². The van der Waals surface area contributed by atoms with Crippen LogP contribution in [-0.4, -0.2) is 49.8 Å². The Morgan fingerprint density at radius 2 is 2.19 bits per heavy atom. The topological polar surface area (TPSA) is 48.0 Å². The van der Waals surface area contributed by atoms with Crippen LogP contribution < -0.4 is 0 Å². The summed E-state index contributed by atoms with van der Waals surface area (Å²) in [4.78, 5) is 14.5. The number of hydrogen-bond donors (Lipinski definition) is 0. The lowest BCUT2D eigenvalue weighted by molar-refractivity contribution is -0.157. The number of nitrogens with zero attached hydrogens (tertiary/aromatic N) is 1. The van der Waals surface area contributed by atoms with Crippen molar-refractivity contribution in [2.45, 2.75) is 50.9 Å². The molecule has 26 heavy (non-hydrogen) atoms. The number of esters is 1. The van der Waals surface area contributed by atoms with Gasteiger partial charge in [-0.3, -0.25) is 4.79 Å². The van der Waals surface area contributed by atoms with Crippen molar-refractivity contribution in [3.8, 4) is 0 Å². The number of allylic oxidation sites excluding steroid dienone is 3. The summed E-state index contributed by atoms with van der Waals surface area (Å²) in [5, 5.41) is 0. The molecule has 0 aromatic carbocycles. The van der Waals surface area contributed by atoms with Crippen molar-refractivity contribution in [1.82, 2.24) is 4.90 Å². The standard InChI is InChI=1S/C21H29NO4/c1-4-20(23)25-18-8-6-14-15-9-10-22(2)16(14)11-13-5-7-17(24-3)19(12-13)26-21(15)18/h5-8,13-16,18,21H,4,9-12H2,1-3H3/t13?,14-,15+,16-,18+,21-/m1/s1. The van der Waals surface area contributed by atoms with Crippen LogP contribution in [0, 0.1) is 17.8 Å². The fourth-order valence-electron chi connectivity index (χ4n) is 5.02. The zero-order chi connectivity index (χ0) is 18.3. The molecule has 2 aliphatic carbocycles. The van der Waals surface area contributed by atoms with Crippen LogP contribution in [0.2, 0.25) is 0 Å². The third-order valence-corrected chi connectivity index (χ3v) is 6.43. The molecule has 0 saturated carbocycles. The molecule has 5 nitrogen and oxygen atoms in total. The van der Waals surface area contributed by atoms with E-state index in [1.165, 1.54) is 0 Å². The summed E-state index contributed by atoms with van der Waals surface area (Å²) in [6, 6.07) is 0.497. The summed E-state index contributed by atoms with van der Waals surface area (Å²) in [5.41, 5.74) is 0. The second-order valence-electron chi connectivity index (χ2n) is 7.90. The average Bonchev–Trinajstić information content (AvgIpc) is 2.66. The number of ether oxygens (including phenoxy) is 3. The first-order valence-electron chi connectivity index (χ1n) is 9.80. The maximum absolute atomic E-state index is 12.0. The molecule has 1 unspecified atom stereocenters. The summed E-state index contributed by atoms with van der Waals surface area (Å²) in [5.74, 6) is 2.80. The van der Waals surface area contributed by atoms with Crippen molar-refractivity contribution < 1.29 is 19.0 Å². The molecule has 0 amide bonds. The first-order valence-corrected chi connectivity index (χ1v) is 9.80. The van der Waals surface area contributed by atoms with Crippen molar-refractivity contribution in [2.75, 3.05) is 20.7 Å². The first kappa shape index (κ1) is 17.7. The van der Waals surface area contributed by atoms with Crippen LogP contribution in [0.4, 0.5) is 0 Å². The summed E-state index contributed by atoms with van der Waals surface area (Å²) in [6.45, 7) is 2.88. The lowest BCUT2D eigenvalue weighted by Gasteiger charge is -2.48. The van der Waals surface area contributed by atoms with E-state index in [1.807, 2.05) is 13.0 Å². The van der Waals surface area contributed by atoms with E-state index in [0.29, 0.717) is 30.2 Å². The molecule has 0 radical (unpaired) electrons. The van der Waals surface area contributed by atoms with E-state index < -0.39 is 0 Å². The maximum Gasteiger partial charge on any atom is 0.306 e. The SMILES string of the molecule is CCC(=O)O[C@H]1C=C[C@@H]2[C@@H]3CCN(C)[C@@H]2CC2C=CC(OC)=C(C2)O[C@H]31.